The molecule has 0 saturated carbocycles. The molecular weight excluding hydrogens is 406 g/mol. The number of hydrogen-bond donors (Lipinski definition) is 2. The lowest BCUT2D eigenvalue weighted by Crippen LogP contribution is -2.53. The number of carbonyl (C=O) groups is 3. The molecule has 2 N–H and O–H groups in total. The van der Waals surface area contributed by atoms with Crippen LogP contribution in [0.5, 0.6) is 0 Å². The van der Waals surface area contributed by atoms with E-state index in [2.05, 4.69) is 16.7 Å². The Morgan fingerprint density at radius 1 is 1.19 bits per heavy atom. The first kappa shape index (κ1) is 27.0. The van der Waals surface area contributed by atoms with Crippen molar-refractivity contribution in [1.29, 1.82) is 0 Å². The van der Waals surface area contributed by atoms with E-state index in [1.54, 1.807) is 46.8 Å². The minimum atomic E-state index is -1.02. The molecule has 176 valence electrons. The van der Waals surface area contributed by atoms with Gasteiger partial charge in [-0.2, -0.15) is 0 Å². The molecule has 0 fully saturated rings. The van der Waals surface area contributed by atoms with Gasteiger partial charge in [-0.3, -0.25) is 14.5 Å². The largest absolute Gasteiger partial charge is 0.444 e. The van der Waals surface area contributed by atoms with Gasteiger partial charge in [-0.05, 0) is 51.2 Å². The number of amides is 3. The summed E-state index contributed by atoms with van der Waals surface area (Å²) in [6.07, 6.45) is 6.76. The smallest absolute Gasteiger partial charge is 0.408 e. The average Bonchev–Trinajstić information content (AvgIpc) is 2.69. The Balaban J connectivity index is 3.31. The van der Waals surface area contributed by atoms with Crippen LogP contribution >= 0.6 is 0 Å². The predicted molar refractivity (Wildman–Crippen MR) is 126 cm³/mol. The van der Waals surface area contributed by atoms with E-state index in [0.717, 1.165) is 23.3 Å². The molecule has 0 aliphatic rings. The predicted octanol–water partition coefficient (Wildman–Crippen LogP) is 3.92. The summed E-state index contributed by atoms with van der Waals surface area (Å²) in [6.45, 7) is 13.2. The average molecular weight is 444 g/mol. The quantitative estimate of drug-likeness (QED) is 0.344. The van der Waals surface area contributed by atoms with Crippen LogP contribution in [0.3, 0.4) is 0 Å². The lowest BCUT2D eigenvalue weighted by molar-refractivity contribution is -0.139. The van der Waals surface area contributed by atoms with Gasteiger partial charge in [0.2, 0.25) is 5.91 Å². The van der Waals surface area contributed by atoms with Gasteiger partial charge in [0.05, 0.1) is 0 Å². The zero-order valence-electron chi connectivity index (χ0n) is 20.3. The van der Waals surface area contributed by atoms with Crippen molar-refractivity contribution >= 4 is 17.9 Å². The van der Waals surface area contributed by atoms with Gasteiger partial charge in [0, 0.05) is 12.6 Å². The number of unbranched alkanes of at least 4 members (excludes halogenated alkanes) is 1. The molecule has 2 atom stereocenters. The molecule has 3 amide bonds. The van der Waals surface area contributed by atoms with Crippen molar-refractivity contribution < 1.29 is 19.1 Å². The third kappa shape index (κ3) is 7.92. The van der Waals surface area contributed by atoms with Crippen LogP contribution in [0.1, 0.15) is 71.6 Å². The Morgan fingerprint density at radius 2 is 1.81 bits per heavy atom. The molecule has 0 aromatic heterocycles. The van der Waals surface area contributed by atoms with Crippen molar-refractivity contribution in [3.63, 3.8) is 0 Å². The second kappa shape index (κ2) is 12.1. The van der Waals surface area contributed by atoms with Crippen LogP contribution in [-0.2, 0) is 14.3 Å². The third-order valence-corrected chi connectivity index (χ3v) is 4.80. The van der Waals surface area contributed by atoms with Gasteiger partial charge in [-0.1, -0.05) is 57.9 Å². The van der Waals surface area contributed by atoms with Crippen LogP contribution in [0.25, 0.3) is 0 Å². The van der Waals surface area contributed by atoms with Crippen LogP contribution < -0.4 is 10.6 Å². The van der Waals surface area contributed by atoms with E-state index in [-0.39, 0.29) is 11.8 Å². The molecular formula is C25H37N3O4. The number of carbonyl (C=O) groups excluding carboxylic acids is 3. The van der Waals surface area contributed by atoms with Crippen molar-refractivity contribution in [3.8, 4) is 12.5 Å². The van der Waals surface area contributed by atoms with Crippen molar-refractivity contribution in [2.45, 2.75) is 79.0 Å². The zero-order valence-corrected chi connectivity index (χ0v) is 20.3. The Hall–Kier alpha value is -3.01. The maximum Gasteiger partial charge on any atom is 0.408 e. The second-order valence-corrected chi connectivity index (χ2v) is 9.11. The molecule has 0 radical (unpaired) electrons. The molecule has 0 saturated heterocycles. The molecule has 1 rings (SSSR count). The number of terminal acetylenes is 1. The van der Waals surface area contributed by atoms with Gasteiger partial charge in [0.15, 0.2) is 0 Å². The Bertz CT molecular complexity index is 836. The first-order valence-corrected chi connectivity index (χ1v) is 11.0. The summed E-state index contributed by atoms with van der Waals surface area (Å²) in [5.41, 5.74) is 0.744. The number of benzene rings is 1. The summed E-state index contributed by atoms with van der Waals surface area (Å²) < 4.78 is 5.31. The maximum absolute atomic E-state index is 13.5. The van der Waals surface area contributed by atoms with Crippen LogP contribution in [0.2, 0.25) is 0 Å². The van der Waals surface area contributed by atoms with Crippen LogP contribution in [0, 0.1) is 25.3 Å². The van der Waals surface area contributed by atoms with Crippen molar-refractivity contribution in [2.24, 2.45) is 5.92 Å². The van der Waals surface area contributed by atoms with Gasteiger partial charge in [0.25, 0.3) is 5.91 Å². The highest BCUT2D eigenvalue weighted by Crippen LogP contribution is 2.26. The van der Waals surface area contributed by atoms with E-state index in [1.807, 2.05) is 26.0 Å². The molecule has 2 unspecified atom stereocenters. The van der Waals surface area contributed by atoms with Crippen LogP contribution in [0.15, 0.2) is 24.3 Å². The van der Waals surface area contributed by atoms with E-state index >= 15 is 0 Å². The lowest BCUT2D eigenvalue weighted by atomic mass is 9.96. The Labute approximate surface area is 192 Å². The summed E-state index contributed by atoms with van der Waals surface area (Å²) in [6, 6.07) is 7.70. The van der Waals surface area contributed by atoms with E-state index in [9.17, 15) is 14.4 Å². The van der Waals surface area contributed by atoms with Crippen LogP contribution in [0.4, 0.5) is 4.79 Å². The Morgan fingerprint density at radius 3 is 2.31 bits per heavy atom. The maximum atomic E-state index is 13.5. The number of aryl methyl sites for hydroxylation is 1. The topological polar surface area (TPSA) is 87.7 Å². The van der Waals surface area contributed by atoms with Crippen LogP contribution in [-0.4, -0.2) is 41.0 Å². The van der Waals surface area contributed by atoms with Crippen molar-refractivity contribution in [2.75, 3.05) is 6.54 Å². The lowest BCUT2D eigenvalue weighted by Gasteiger charge is -2.32. The molecule has 0 aliphatic heterocycles. The molecule has 7 heteroatoms. The molecule has 1 aromatic carbocycles. The SMILES string of the molecule is C#CN(C(=O)C(NC(=O)OC(C)(C)C)C(C)C)C(C(=O)NCCCC)c1ccccc1C. The number of hydrogen-bond acceptors (Lipinski definition) is 4. The van der Waals surface area contributed by atoms with Gasteiger partial charge in [-0.15, -0.1) is 0 Å². The summed E-state index contributed by atoms with van der Waals surface area (Å²) in [7, 11) is 0. The van der Waals surface area contributed by atoms with E-state index < -0.39 is 29.7 Å². The van der Waals surface area contributed by atoms with E-state index in [1.165, 1.54) is 0 Å². The fourth-order valence-electron chi connectivity index (χ4n) is 3.14. The summed E-state index contributed by atoms with van der Waals surface area (Å²) >= 11 is 0. The van der Waals surface area contributed by atoms with Gasteiger partial charge < -0.3 is 15.4 Å². The molecule has 32 heavy (non-hydrogen) atoms. The third-order valence-electron chi connectivity index (χ3n) is 4.80. The van der Waals surface area contributed by atoms with Gasteiger partial charge in [-0.25, -0.2) is 4.79 Å². The number of ether oxygens (including phenoxy) is 1. The highest BCUT2D eigenvalue weighted by Gasteiger charge is 2.37. The molecule has 0 aliphatic carbocycles. The van der Waals surface area contributed by atoms with E-state index in [4.69, 9.17) is 11.2 Å². The Kier molecular flexibility index (Phi) is 10.2. The monoisotopic (exact) mass is 443 g/mol. The highest BCUT2D eigenvalue weighted by molar-refractivity contribution is 5.93. The number of alkyl carbamates (subject to hydrolysis) is 1. The summed E-state index contributed by atoms with van der Waals surface area (Å²) in [5, 5.41) is 5.50. The fourth-order valence-corrected chi connectivity index (χ4v) is 3.14. The fraction of sp³-hybridized carbons (Fsp3) is 0.560. The molecule has 7 nitrogen and oxygen atoms in total. The standard InChI is InChI=1S/C25H37N3O4/c1-9-11-16-26-22(29)21(19-15-13-12-14-18(19)5)28(10-2)23(30)20(17(3)4)27-24(31)32-25(6,7)8/h2,12-15,17,20-21H,9,11,16H2,1,3-8H3,(H,26,29)(H,27,31). The van der Waals surface area contributed by atoms with Gasteiger partial charge >= 0.3 is 6.09 Å². The summed E-state index contributed by atoms with van der Waals surface area (Å²) in [4.78, 5) is 40.1. The summed E-state index contributed by atoms with van der Waals surface area (Å²) in [5.74, 6) is -1.20. The van der Waals surface area contributed by atoms with Crippen molar-refractivity contribution in [3.05, 3.63) is 35.4 Å². The molecule has 1 aromatic rings. The normalized spacial score (nSPS) is 13.0. The van der Waals surface area contributed by atoms with Crippen molar-refractivity contribution in [1.82, 2.24) is 15.5 Å². The molecule has 0 heterocycles. The number of nitrogens with one attached hydrogen (secondary N) is 2. The molecule has 0 spiro atoms. The zero-order chi connectivity index (χ0) is 24.5. The number of nitrogens with zero attached hydrogens (tertiary/aromatic N) is 1. The second-order valence-electron chi connectivity index (χ2n) is 9.11. The van der Waals surface area contributed by atoms with Gasteiger partial charge in [0.1, 0.15) is 17.7 Å². The number of rotatable bonds is 9. The first-order valence-electron chi connectivity index (χ1n) is 11.0. The minimum Gasteiger partial charge on any atom is -0.444 e. The van der Waals surface area contributed by atoms with E-state index in [0.29, 0.717) is 12.1 Å². The highest BCUT2D eigenvalue weighted by atomic mass is 16.6. The minimum absolute atomic E-state index is 0.286. The first-order chi connectivity index (χ1) is 14.9. The molecule has 0 bridgehead atoms.